The highest BCUT2D eigenvalue weighted by Gasteiger charge is 2.32. The first kappa shape index (κ1) is 17.5. The summed E-state index contributed by atoms with van der Waals surface area (Å²) in [6.07, 6.45) is 4.36. The lowest BCUT2D eigenvalue weighted by atomic mass is 9.96. The predicted molar refractivity (Wildman–Crippen MR) is 107 cm³/mol. The van der Waals surface area contributed by atoms with E-state index in [9.17, 15) is 19.8 Å². The van der Waals surface area contributed by atoms with Gasteiger partial charge in [-0.15, -0.1) is 11.3 Å². The zero-order valence-corrected chi connectivity index (χ0v) is 16.1. The maximum atomic E-state index is 12.7. The van der Waals surface area contributed by atoms with Crippen LogP contribution in [0.2, 0.25) is 0 Å². The fourth-order valence-corrected chi connectivity index (χ4v) is 5.49. The zero-order chi connectivity index (χ0) is 19.6. The second-order valence-corrected chi connectivity index (χ2v) is 8.67. The van der Waals surface area contributed by atoms with Crippen molar-refractivity contribution in [2.45, 2.75) is 37.7 Å². The summed E-state index contributed by atoms with van der Waals surface area (Å²) in [5.74, 6) is -0.315. The van der Waals surface area contributed by atoms with Crippen molar-refractivity contribution in [1.82, 2.24) is 4.98 Å². The number of aromatic nitrogens is 1. The largest absolute Gasteiger partial charge is 0.494 e. The van der Waals surface area contributed by atoms with Gasteiger partial charge in [0.05, 0.1) is 24.1 Å². The van der Waals surface area contributed by atoms with Gasteiger partial charge in [-0.05, 0) is 48.4 Å². The van der Waals surface area contributed by atoms with Crippen LogP contribution in [-0.4, -0.2) is 34.4 Å². The van der Waals surface area contributed by atoms with Crippen molar-refractivity contribution in [3.8, 4) is 16.2 Å². The molecule has 6 nitrogen and oxygen atoms in total. The van der Waals surface area contributed by atoms with Gasteiger partial charge in [0.25, 0.3) is 0 Å². The number of pyridine rings is 1. The molecule has 0 bridgehead atoms. The molecule has 2 heterocycles. The number of thiophene rings is 1. The van der Waals surface area contributed by atoms with Crippen molar-refractivity contribution in [2.24, 2.45) is 0 Å². The fourth-order valence-electron chi connectivity index (χ4n) is 4.16. The Bertz CT molecular complexity index is 1160. The van der Waals surface area contributed by atoms with E-state index in [1.165, 1.54) is 16.6 Å². The first-order valence-electron chi connectivity index (χ1n) is 9.27. The molecule has 0 aliphatic heterocycles. The van der Waals surface area contributed by atoms with Crippen molar-refractivity contribution in [1.29, 1.82) is 0 Å². The van der Waals surface area contributed by atoms with E-state index in [-0.39, 0.29) is 11.7 Å². The van der Waals surface area contributed by atoms with Crippen LogP contribution in [0.4, 0.5) is 0 Å². The second-order valence-electron chi connectivity index (χ2n) is 7.53. The molecule has 3 N–H and O–H groups in total. The Kier molecular flexibility index (Phi) is 3.86. The number of hydrogen-bond donors (Lipinski definition) is 3. The molecule has 1 aromatic carbocycles. The van der Waals surface area contributed by atoms with Gasteiger partial charge in [-0.2, -0.15) is 0 Å². The SMILES string of the molecule is COc1c(-c2cc3c(s2)CC(O)C3)c(C2CC2)cc2c(=O)c(C(=O)O)c[nH]c12. The van der Waals surface area contributed by atoms with Crippen LogP contribution in [0, 0.1) is 0 Å². The molecule has 1 saturated carbocycles. The second kappa shape index (κ2) is 6.18. The summed E-state index contributed by atoms with van der Waals surface area (Å²) in [5.41, 5.74) is 2.94. The van der Waals surface area contributed by atoms with Gasteiger partial charge in [0.2, 0.25) is 5.43 Å². The van der Waals surface area contributed by atoms with Gasteiger partial charge >= 0.3 is 5.97 Å². The molecule has 3 aromatic rings. The third kappa shape index (κ3) is 2.57. The van der Waals surface area contributed by atoms with E-state index < -0.39 is 11.4 Å². The average Bonchev–Trinajstić information content (AvgIpc) is 3.34. The highest BCUT2D eigenvalue weighted by atomic mass is 32.1. The maximum Gasteiger partial charge on any atom is 0.341 e. The summed E-state index contributed by atoms with van der Waals surface area (Å²) < 4.78 is 5.75. The van der Waals surface area contributed by atoms with Crippen LogP contribution < -0.4 is 10.2 Å². The third-order valence-electron chi connectivity index (χ3n) is 5.63. The van der Waals surface area contributed by atoms with Crippen molar-refractivity contribution in [3.05, 3.63) is 50.1 Å². The van der Waals surface area contributed by atoms with Crippen LogP contribution in [0.15, 0.2) is 23.1 Å². The minimum atomic E-state index is -1.24. The molecule has 0 saturated heterocycles. The Morgan fingerprint density at radius 2 is 2.07 bits per heavy atom. The molecular formula is C21H19NO5S. The fraction of sp³-hybridized carbons (Fsp3) is 0.333. The molecule has 2 aromatic heterocycles. The summed E-state index contributed by atoms with van der Waals surface area (Å²) in [7, 11) is 1.57. The number of aliphatic hydroxyl groups excluding tert-OH is 1. The first-order valence-corrected chi connectivity index (χ1v) is 10.1. The normalized spacial score (nSPS) is 18.4. The zero-order valence-electron chi connectivity index (χ0n) is 15.2. The van der Waals surface area contributed by atoms with Crippen LogP contribution in [0.25, 0.3) is 21.3 Å². The average molecular weight is 397 g/mol. The molecule has 144 valence electrons. The van der Waals surface area contributed by atoms with Gasteiger partial charge in [-0.3, -0.25) is 4.79 Å². The number of aromatic amines is 1. The van der Waals surface area contributed by atoms with Crippen molar-refractivity contribution in [3.63, 3.8) is 0 Å². The molecule has 0 radical (unpaired) electrons. The number of H-pyrrole nitrogens is 1. The lowest BCUT2D eigenvalue weighted by molar-refractivity contribution is 0.0695. The van der Waals surface area contributed by atoms with Gasteiger partial charge in [-0.1, -0.05) is 0 Å². The number of hydrogen-bond acceptors (Lipinski definition) is 5. The number of nitrogens with one attached hydrogen (secondary N) is 1. The van der Waals surface area contributed by atoms with Crippen molar-refractivity contribution in [2.75, 3.05) is 7.11 Å². The molecule has 0 amide bonds. The Labute approximate surface area is 164 Å². The van der Waals surface area contributed by atoms with Gasteiger partial charge in [0.1, 0.15) is 5.56 Å². The van der Waals surface area contributed by atoms with Crippen LogP contribution in [0.1, 0.15) is 45.1 Å². The number of methoxy groups -OCH3 is 1. The van der Waals surface area contributed by atoms with Gasteiger partial charge in [0.15, 0.2) is 5.75 Å². The number of carboxylic acid groups (broad SMARTS) is 1. The van der Waals surface area contributed by atoms with Crippen molar-refractivity contribution < 1.29 is 19.7 Å². The topological polar surface area (TPSA) is 99.6 Å². The molecule has 28 heavy (non-hydrogen) atoms. The number of benzene rings is 1. The maximum absolute atomic E-state index is 12.7. The standard InChI is InChI=1S/C21H19NO5S/c1-27-20-17(16-5-10-4-11(23)6-15(10)28-16)12(9-2-3-9)7-13-18(20)22-8-14(19(13)24)21(25)26/h5,7-9,11,23H,2-4,6H2,1H3,(H,22,24)(H,25,26). The van der Waals surface area contributed by atoms with Crippen molar-refractivity contribution >= 4 is 28.2 Å². The Morgan fingerprint density at radius 3 is 2.71 bits per heavy atom. The molecule has 2 aliphatic carbocycles. The number of carboxylic acids is 1. The number of carbonyl (C=O) groups is 1. The molecule has 1 unspecified atom stereocenters. The van der Waals surface area contributed by atoms with E-state index >= 15 is 0 Å². The lowest BCUT2D eigenvalue weighted by Gasteiger charge is -2.16. The first-order chi connectivity index (χ1) is 13.5. The Morgan fingerprint density at radius 1 is 1.29 bits per heavy atom. The third-order valence-corrected chi connectivity index (χ3v) is 6.85. The number of aromatic carboxylic acids is 1. The molecule has 1 atom stereocenters. The van der Waals surface area contributed by atoms with Crippen LogP contribution in [-0.2, 0) is 12.8 Å². The van der Waals surface area contributed by atoms with Crippen LogP contribution in [0.3, 0.4) is 0 Å². The Balaban J connectivity index is 1.80. The van der Waals surface area contributed by atoms with Crippen LogP contribution >= 0.6 is 11.3 Å². The summed E-state index contributed by atoms with van der Waals surface area (Å²) >= 11 is 1.66. The van der Waals surface area contributed by atoms with Gasteiger partial charge in [-0.25, -0.2) is 4.79 Å². The number of fused-ring (bicyclic) bond motifs is 2. The molecule has 0 spiro atoms. The molecular weight excluding hydrogens is 378 g/mol. The summed E-state index contributed by atoms with van der Waals surface area (Å²) in [4.78, 5) is 29.4. The Hall–Kier alpha value is -2.64. The summed E-state index contributed by atoms with van der Waals surface area (Å²) in [6.45, 7) is 0. The highest BCUT2D eigenvalue weighted by Crippen LogP contribution is 2.51. The molecule has 1 fully saturated rings. The summed E-state index contributed by atoms with van der Waals surface area (Å²) in [5, 5.41) is 19.5. The monoisotopic (exact) mass is 397 g/mol. The number of aliphatic hydroxyl groups is 1. The predicted octanol–water partition coefficient (Wildman–Crippen LogP) is 3.30. The van der Waals surface area contributed by atoms with E-state index in [0.29, 0.717) is 35.4 Å². The number of ether oxygens (including phenoxy) is 1. The van der Waals surface area contributed by atoms with Gasteiger partial charge in [0, 0.05) is 27.9 Å². The minimum Gasteiger partial charge on any atom is -0.494 e. The van der Waals surface area contributed by atoms with E-state index in [0.717, 1.165) is 28.8 Å². The van der Waals surface area contributed by atoms with E-state index in [2.05, 4.69) is 11.1 Å². The highest BCUT2D eigenvalue weighted by molar-refractivity contribution is 7.15. The van der Waals surface area contributed by atoms with E-state index in [4.69, 9.17) is 4.74 Å². The van der Waals surface area contributed by atoms with E-state index in [1.54, 1.807) is 18.4 Å². The molecule has 7 heteroatoms. The molecule has 5 rings (SSSR count). The minimum absolute atomic E-state index is 0.270. The smallest absolute Gasteiger partial charge is 0.341 e. The number of rotatable bonds is 4. The quantitative estimate of drug-likeness (QED) is 0.627. The summed E-state index contributed by atoms with van der Waals surface area (Å²) in [6, 6.07) is 3.96. The van der Waals surface area contributed by atoms with Gasteiger partial charge < -0.3 is 19.9 Å². The van der Waals surface area contributed by atoms with E-state index in [1.807, 2.05) is 6.07 Å². The molecule has 2 aliphatic rings. The van der Waals surface area contributed by atoms with Crippen LogP contribution in [0.5, 0.6) is 5.75 Å². The lowest BCUT2D eigenvalue weighted by Crippen LogP contribution is -2.16.